The summed E-state index contributed by atoms with van der Waals surface area (Å²) in [6, 6.07) is -0.0594. The second kappa shape index (κ2) is 4.87. The normalized spacial score (nSPS) is 22.4. The van der Waals surface area contributed by atoms with E-state index in [0.29, 0.717) is 12.0 Å². The Bertz CT molecular complexity index is 583. The van der Waals surface area contributed by atoms with Crippen molar-refractivity contribution in [2.45, 2.75) is 58.9 Å². The Hall–Kier alpha value is -1.52. The molecule has 0 aromatic carbocycles. The molecule has 1 fully saturated rings. The molecule has 1 saturated carbocycles. The van der Waals surface area contributed by atoms with E-state index in [-0.39, 0.29) is 17.3 Å². The number of hydrogen-bond donors (Lipinski definition) is 2. The summed E-state index contributed by atoms with van der Waals surface area (Å²) < 4.78 is 1.39. The molecular formula is C14H22N2O3. The molecule has 0 radical (unpaired) electrons. The van der Waals surface area contributed by atoms with Crippen molar-refractivity contribution in [2.24, 2.45) is 5.41 Å². The van der Waals surface area contributed by atoms with Crippen LogP contribution in [0.25, 0.3) is 0 Å². The molecule has 5 nitrogen and oxygen atoms in total. The maximum atomic E-state index is 12.1. The van der Waals surface area contributed by atoms with Crippen LogP contribution in [-0.4, -0.2) is 14.7 Å². The average molecular weight is 266 g/mol. The first-order chi connectivity index (χ1) is 8.88. The van der Waals surface area contributed by atoms with Gasteiger partial charge in [-0.15, -0.1) is 0 Å². The number of rotatable bonds is 2. The van der Waals surface area contributed by atoms with Gasteiger partial charge in [0.05, 0.1) is 5.56 Å². The third kappa shape index (κ3) is 2.33. The van der Waals surface area contributed by atoms with Crippen LogP contribution in [0.5, 0.6) is 5.88 Å². The molecule has 1 aliphatic rings. The van der Waals surface area contributed by atoms with E-state index in [9.17, 15) is 14.7 Å². The first-order valence-electron chi connectivity index (χ1n) is 6.95. The van der Waals surface area contributed by atoms with Crippen LogP contribution in [0.2, 0.25) is 0 Å². The van der Waals surface area contributed by atoms with E-state index >= 15 is 0 Å². The summed E-state index contributed by atoms with van der Waals surface area (Å²) in [5.74, 6) is -0.156. The summed E-state index contributed by atoms with van der Waals surface area (Å²) in [5, 5.41) is 10.3. The number of hydrogen-bond acceptors (Lipinski definition) is 3. The molecule has 1 atom stereocenters. The maximum absolute atomic E-state index is 12.1. The van der Waals surface area contributed by atoms with E-state index in [1.54, 1.807) is 6.92 Å². The number of nitrogens with zero attached hydrogens (tertiary/aromatic N) is 1. The predicted molar refractivity (Wildman–Crippen MR) is 73.7 cm³/mol. The number of H-pyrrole nitrogens is 1. The molecule has 1 unspecified atom stereocenters. The third-order valence-corrected chi connectivity index (χ3v) is 4.33. The van der Waals surface area contributed by atoms with Gasteiger partial charge in [-0.2, -0.15) is 0 Å². The highest BCUT2D eigenvalue weighted by Gasteiger charge is 2.36. The Kier molecular flexibility index (Phi) is 3.56. The summed E-state index contributed by atoms with van der Waals surface area (Å²) in [6.45, 7) is 6.02. The summed E-state index contributed by atoms with van der Waals surface area (Å²) in [5.41, 5.74) is -0.737. The second-order valence-corrected chi connectivity index (χ2v) is 6.04. The van der Waals surface area contributed by atoms with Crippen molar-refractivity contribution in [3.8, 4) is 5.88 Å². The summed E-state index contributed by atoms with van der Waals surface area (Å²) in [7, 11) is 0. The van der Waals surface area contributed by atoms with E-state index in [2.05, 4.69) is 18.8 Å². The monoisotopic (exact) mass is 266 g/mol. The molecule has 106 valence electrons. The summed E-state index contributed by atoms with van der Waals surface area (Å²) >= 11 is 0. The molecule has 1 aromatic heterocycles. The van der Waals surface area contributed by atoms with Crippen molar-refractivity contribution < 1.29 is 5.11 Å². The Morgan fingerprint density at radius 1 is 1.37 bits per heavy atom. The molecule has 0 aliphatic heterocycles. The van der Waals surface area contributed by atoms with Gasteiger partial charge < -0.3 is 5.11 Å². The smallest absolute Gasteiger partial charge is 0.331 e. The predicted octanol–water partition coefficient (Wildman–Crippen LogP) is 1.95. The molecule has 5 heteroatoms. The van der Waals surface area contributed by atoms with Crippen LogP contribution in [0.1, 0.15) is 58.1 Å². The van der Waals surface area contributed by atoms with Gasteiger partial charge in [-0.3, -0.25) is 14.3 Å². The van der Waals surface area contributed by atoms with Gasteiger partial charge in [-0.05, 0) is 24.7 Å². The minimum absolute atomic E-state index is 0.0528. The van der Waals surface area contributed by atoms with Gasteiger partial charge >= 0.3 is 5.69 Å². The summed E-state index contributed by atoms with van der Waals surface area (Å²) in [4.78, 5) is 26.0. The van der Waals surface area contributed by atoms with Crippen molar-refractivity contribution in [2.75, 3.05) is 0 Å². The van der Waals surface area contributed by atoms with Gasteiger partial charge in [0, 0.05) is 6.04 Å². The van der Waals surface area contributed by atoms with E-state index < -0.39 is 11.2 Å². The Morgan fingerprint density at radius 2 is 2.05 bits per heavy atom. The lowest BCUT2D eigenvalue weighted by Crippen LogP contribution is -2.40. The largest absolute Gasteiger partial charge is 0.494 e. The molecule has 2 rings (SSSR count). The van der Waals surface area contributed by atoms with Crippen LogP contribution in [-0.2, 0) is 6.42 Å². The van der Waals surface area contributed by atoms with Gasteiger partial charge in [0.1, 0.15) is 0 Å². The van der Waals surface area contributed by atoms with E-state index in [4.69, 9.17) is 0 Å². The molecule has 0 amide bonds. The zero-order chi connectivity index (χ0) is 14.2. The molecule has 0 spiro atoms. The van der Waals surface area contributed by atoms with E-state index in [1.807, 2.05) is 0 Å². The quantitative estimate of drug-likeness (QED) is 0.859. The molecular weight excluding hydrogens is 244 g/mol. The number of aromatic hydroxyl groups is 1. The highest BCUT2D eigenvalue weighted by molar-refractivity contribution is 5.23. The van der Waals surface area contributed by atoms with Gasteiger partial charge in [0.25, 0.3) is 5.56 Å². The zero-order valence-corrected chi connectivity index (χ0v) is 11.8. The standard InChI is InChI=1S/C14H22N2O3/c1-4-9-11(17)15-13(19)16(12(9)18)10-7-5-6-8-14(10,2)3/h10,18H,4-8H2,1-3H3,(H,15,17,19). The Morgan fingerprint density at radius 3 is 2.63 bits per heavy atom. The lowest BCUT2D eigenvalue weighted by molar-refractivity contribution is 0.129. The molecule has 0 bridgehead atoms. The zero-order valence-electron chi connectivity index (χ0n) is 11.8. The van der Waals surface area contributed by atoms with Crippen molar-refractivity contribution in [3.05, 3.63) is 26.4 Å². The fraction of sp³-hybridized carbons (Fsp3) is 0.714. The number of nitrogens with one attached hydrogen (secondary N) is 1. The molecule has 2 N–H and O–H groups in total. The fourth-order valence-electron chi connectivity index (χ4n) is 3.14. The maximum Gasteiger partial charge on any atom is 0.331 e. The van der Waals surface area contributed by atoms with Crippen LogP contribution in [0.4, 0.5) is 0 Å². The lowest BCUT2D eigenvalue weighted by atomic mass is 9.73. The Balaban J connectivity index is 2.62. The van der Waals surface area contributed by atoms with Crippen molar-refractivity contribution in [3.63, 3.8) is 0 Å². The summed E-state index contributed by atoms with van der Waals surface area (Å²) in [6.07, 6.45) is 4.47. The van der Waals surface area contributed by atoms with Gasteiger partial charge in [0.2, 0.25) is 5.88 Å². The van der Waals surface area contributed by atoms with Crippen molar-refractivity contribution in [1.29, 1.82) is 0 Å². The highest BCUT2D eigenvalue weighted by atomic mass is 16.3. The number of aromatic nitrogens is 2. The van der Waals surface area contributed by atoms with Gasteiger partial charge in [0.15, 0.2) is 0 Å². The molecule has 1 aromatic rings. The molecule has 19 heavy (non-hydrogen) atoms. The number of aromatic amines is 1. The fourth-order valence-corrected chi connectivity index (χ4v) is 3.14. The first kappa shape index (κ1) is 13.9. The average Bonchev–Trinajstić information content (AvgIpc) is 2.31. The van der Waals surface area contributed by atoms with Crippen LogP contribution < -0.4 is 11.2 Å². The second-order valence-electron chi connectivity index (χ2n) is 6.04. The van der Waals surface area contributed by atoms with Crippen molar-refractivity contribution >= 4 is 0 Å². The van der Waals surface area contributed by atoms with Crippen molar-refractivity contribution in [1.82, 2.24) is 9.55 Å². The molecule has 1 aliphatic carbocycles. The minimum atomic E-state index is -0.500. The van der Waals surface area contributed by atoms with Crippen LogP contribution in [0.15, 0.2) is 9.59 Å². The SMILES string of the molecule is CCc1c(O)n(C2CCCCC2(C)C)c(=O)[nH]c1=O. The minimum Gasteiger partial charge on any atom is -0.494 e. The first-order valence-corrected chi connectivity index (χ1v) is 6.95. The molecule has 1 heterocycles. The van der Waals surface area contributed by atoms with Crippen LogP contribution in [0, 0.1) is 5.41 Å². The van der Waals surface area contributed by atoms with E-state index in [1.165, 1.54) is 4.57 Å². The van der Waals surface area contributed by atoms with Crippen LogP contribution in [0.3, 0.4) is 0 Å². The van der Waals surface area contributed by atoms with Gasteiger partial charge in [-0.25, -0.2) is 4.79 Å². The van der Waals surface area contributed by atoms with Gasteiger partial charge in [-0.1, -0.05) is 33.6 Å². The van der Waals surface area contributed by atoms with E-state index in [0.717, 1.165) is 25.7 Å². The molecule has 0 saturated heterocycles. The van der Waals surface area contributed by atoms with Crippen LogP contribution >= 0.6 is 0 Å². The highest BCUT2D eigenvalue weighted by Crippen LogP contribution is 2.44. The Labute approximate surface area is 112 Å². The topological polar surface area (TPSA) is 75.1 Å². The lowest BCUT2D eigenvalue weighted by Gasteiger charge is -2.39. The third-order valence-electron chi connectivity index (χ3n) is 4.33.